The Kier molecular flexibility index (Phi) is 7.45. The molecule has 0 bridgehead atoms. The maximum atomic E-state index is 10.5. The first-order valence-electron chi connectivity index (χ1n) is 7.71. The average Bonchev–Trinajstić information content (AvgIpc) is 2.44. The molecule has 1 aromatic carbocycles. The third-order valence-corrected chi connectivity index (χ3v) is 3.22. The summed E-state index contributed by atoms with van der Waals surface area (Å²) in [5, 5.41) is 10.5. The summed E-state index contributed by atoms with van der Waals surface area (Å²) in [6, 6.07) is 7.62. The number of hydrogen-bond acceptors (Lipinski definition) is 3. The van der Waals surface area contributed by atoms with Gasteiger partial charge < -0.3 is 14.6 Å². The molecule has 1 aromatic rings. The van der Waals surface area contributed by atoms with Crippen molar-refractivity contribution in [3.63, 3.8) is 0 Å². The van der Waals surface area contributed by atoms with Gasteiger partial charge in [0.2, 0.25) is 0 Å². The molecule has 0 saturated heterocycles. The molecule has 1 N–H and O–H groups in total. The summed E-state index contributed by atoms with van der Waals surface area (Å²) in [4.78, 5) is 0. The summed E-state index contributed by atoms with van der Waals surface area (Å²) in [6.45, 7) is 7.29. The minimum Gasteiger partial charge on any atom is -0.493 e. The number of aliphatic hydroxyl groups is 1. The van der Waals surface area contributed by atoms with Crippen molar-refractivity contribution in [2.75, 3.05) is 13.2 Å². The van der Waals surface area contributed by atoms with E-state index < -0.39 is 5.60 Å². The molecule has 114 valence electrons. The molecule has 3 heteroatoms. The van der Waals surface area contributed by atoms with E-state index in [2.05, 4.69) is 20.8 Å². The first-order chi connectivity index (χ1) is 9.63. The van der Waals surface area contributed by atoms with Crippen LogP contribution in [-0.4, -0.2) is 23.9 Å². The highest BCUT2D eigenvalue weighted by molar-refractivity contribution is 5.33. The Morgan fingerprint density at radius 2 is 1.55 bits per heavy atom. The lowest BCUT2D eigenvalue weighted by molar-refractivity contribution is -0.0202. The molecule has 0 unspecified atom stereocenters. The molecule has 1 rings (SSSR count). The number of ether oxygens (including phenoxy) is 2. The molecule has 20 heavy (non-hydrogen) atoms. The van der Waals surface area contributed by atoms with Crippen molar-refractivity contribution in [3.05, 3.63) is 24.3 Å². The predicted molar refractivity (Wildman–Crippen MR) is 82.5 cm³/mol. The monoisotopic (exact) mass is 280 g/mol. The van der Waals surface area contributed by atoms with Crippen molar-refractivity contribution >= 4 is 0 Å². The van der Waals surface area contributed by atoms with Gasteiger partial charge in [0.1, 0.15) is 18.1 Å². The Bertz CT molecular complexity index is 370. The third-order valence-electron chi connectivity index (χ3n) is 3.22. The van der Waals surface area contributed by atoms with Crippen LogP contribution in [0.25, 0.3) is 0 Å². The second-order valence-electron chi connectivity index (χ2n) is 5.34. The lowest BCUT2D eigenvalue weighted by Crippen LogP contribution is -2.35. The molecule has 0 heterocycles. The standard InChI is InChI=1S/C17H28O3/c1-4-10-17(18,11-5-2)14-20-16-9-7-8-15(13-16)19-12-6-3/h7-9,13,18H,4-6,10-12,14H2,1-3H3. The van der Waals surface area contributed by atoms with Crippen molar-refractivity contribution in [1.29, 1.82) is 0 Å². The van der Waals surface area contributed by atoms with Crippen molar-refractivity contribution in [2.24, 2.45) is 0 Å². The van der Waals surface area contributed by atoms with Gasteiger partial charge in [-0.05, 0) is 31.4 Å². The maximum Gasteiger partial charge on any atom is 0.123 e. The summed E-state index contributed by atoms with van der Waals surface area (Å²) in [7, 11) is 0. The first kappa shape index (κ1) is 16.8. The van der Waals surface area contributed by atoms with E-state index in [9.17, 15) is 5.11 Å². The zero-order valence-electron chi connectivity index (χ0n) is 13.0. The zero-order valence-corrected chi connectivity index (χ0v) is 13.0. The summed E-state index contributed by atoms with van der Waals surface area (Å²) in [5.74, 6) is 1.57. The van der Waals surface area contributed by atoms with Gasteiger partial charge in [-0.2, -0.15) is 0 Å². The summed E-state index contributed by atoms with van der Waals surface area (Å²) in [6.07, 6.45) is 4.44. The highest BCUT2D eigenvalue weighted by Crippen LogP contribution is 2.24. The fraction of sp³-hybridized carbons (Fsp3) is 0.647. The van der Waals surface area contributed by atoms with Gasteiger partial charge in [-0.1, -0.05) is 39.7 Å². The Morgan fingerprint density at radius 3 is 2.10 bits per heavy atom. The summed E-state index contributed by atoms with van der Waals surface area (Å²) >= 11 is 0. The van der Waals surface area contributed by atoms with Gasteiger partial charge in [-0.25, -0.2) is 0 Å². The van der Waals surface area contributed by atoms with Gasteiger partial charge in [0.25, 0.3) is 0 Å². The molecule has 0 aliphatic rings. The normalized spacial score (nSPS) is 11.4. The fourth-order valence-corrected chi connectivity index (χ4v) is 2.29. The molecule has 0 saturated carbocycles. The van der Waals surface area contributed by atoms with E-state index >= 15 is 0 Å². The number of rotatable bonds is 10. The molecular formula is C17H28O3. The first-order valence-corrected chi connectivity index (χ1v) is 7.71. The summed E-state index contributed by atoms with van der Waals surface area (Å²) < 4.78 is 11.3. The molecule has 0 atom stereocenters. The Hall–Kier alpha value is -1.22. The smallest absolute Gasteiger partial charge is 0.123 e. The van der Waals surface area contributed by atoms with Gasteiger partial charge in [0.15, 0.2) is 0 Å². The van der Waals surface area contributed by atoms with Crippen molar-refractivity contribution in [1.82, 2.24) is 0 Å². The Morgan fingerprint density at radius 1 is 0.950 bits per heavy atom. The van der Waals surface area contributed by atoms with E-state index in [1.165, 1.54) is 0 Å². The second kappa shape index (κ2) is 8.85. The van der Waals surface area contributed by atoms with Gasteiger partial charge in [-0.15, -0.1) is 0 Å². The van der Waals surface area contributed by atoms with Crippen molar-refractivity contribution in [3.8, 4) is 11.5 Å². The Balaban J connectivity index is 2.58. The van der Waals surface area contributed by atoms with Crippen LogP contribution in [0.5, 0.6) is 11.5 Å². The highest BCUT2D eigenvalue weighted by Gasteiger charge is 2.25. The quantitative estimate of drug-likeness (QED) is 0.698. The van der Waals surface area contributed by atoms with E-state index in [0.717, 1.165) is 43.6 Å². The average molecular weight is 280 g/mol. The number of hydrogen-bond donors (Lipinski definition) is 1. The minimum atomic E-state index is -0.718. The third kappa shape index (κ3) is 5.83. The van der Waals surface area contributed by atoms with E-state index in [-0.39, 0.29) is 0 Å². The second-order valence-corrected chi connectivity index (χ2v) is 5.34. The Labute approximate surface area is 122 Å². The molecule has 0 spiro atoms. The lowest BCUT2D eigenvalue weighted by Gasteiger charge is -2.27. The molecule has 0 amide bonds. The van der Waals surface area contributed by atoms with Crippen LogP contribution in [-0.2, 0) is 0 Å². The lowest BCUT2D eigenvalue weighted by atomic mass is 9.94. The largest absolute Gasteiger partial charge is 0.493 e. The van der Waals surface area contributed by atoms with Crippen LogP contribution in [0.3, 0.4) is 0 Å². The maximum absolute atomic E-state index is 10.5. The molecule has 3 nitrogen and oxygen atoms in total. The van der Waals surface area contributed by atoms with E-state index in [0.29, 0.717) is 13.2 Å². The topological polar surface area (TPSA) is 38.7 Å². The molecule has 0 radical (unpaired) electrons. The van der Waals surface area contributed by atoms with E-state index in [4.69, 9.17) is 9.47 Å². The van der Waals surface area contributed by atoms with Crippen LogP contribution in [0.15, 0.2) is 24.3 Å². The molecular weight excluding hydrogens is 252 g/mol. The molecule has 0 aromatic heterocycles. The predicted octanol–water partition coefficient (Wildman–Crippen LogP) is 4.19. The van der Waals surface area contributed by atoms with Gasteiger partial charge in [0, 0.05) is 6.07 Å². The van der Waals surface area contributed by atoms with E-state index in [1.807, 2.05) is 24.3 Å². The van der Waals surface area contributed by atoms with Gasteiger partial charge in [0.05, 0.1) is 12.2 Å². The zero-order chi connectivity index (χ0) is 14.8. The molecule has 0 fully saturated rings. The van der Waals surface area contributed by atoms with Crippen molar-refractivity contribution < 1.29 is 14.6 Å². The van der Waals surface area contributed by atoms with Crippen LogP contribution in [0.2, 0.25) is 0 Å². The van der Waals surface area contributed by atoms with Crippen LogP contribution < -0.4 is 9.47 Å². The van der Waals surface area contributed by atoms with Crippen LogP contribution >= 0.6 is 0 Å². The van der Waals surface area contributed by atoms with Crippen LogP contribution in [0.4, 0.5) is 0 Å². The molecule has 0 aliphatic heterocycles. The van der Waals surface area contributed by atoms with Crippen molar-refractivity contribution in [2.45, 2.75) is 58.5 Å². The minimum absolute atomic E-state index is 0.339. The van der Waals surface area contributed by atoms with Gasteiger partial charge >= 0.3 is 0 Å². The van der Waals surface area contributed by atoms with E-state index in [1.54, 1.807) is 0 Å². The summed E-state index contributed by atoms with van der Waals surface area (Å²) in [5.41, 5.74) is -0.718. The number of benzene rings is 1. The fourth-order valence-electron chi connectivity index (χ4n) is 2.29. The van der Waals surface area contributed by atoms with Crippen LogP contribution in [0.1, 0.15) is 52.9 Å². The SMILES string of the molecule is CCCOc1cccc(OCC(O)(CCC)CCC)c1. The van der Waals surface area contributed by atoms with Gasteiger partial charge in [-0.3, -0.25) is 0 Å². The molecule has 0 aliphatic carbocycles. The highest BCUT2D eigenvalue weighted by atomic mass is 16.5. The van der Waals surface area contributed by atoms with Crippen LogP contribution in [0, 0.1) is 0 Å².